The Morgan fingerprint density at radius 1 is 1.45 bits per heavy atom. The van der Waals surface area contributed by atoms with Crippen molar-refractivity contribution in [2.24, 2.45) is 0 Å². The highest BCUT2D eigenvalue weighted by Crippen LogP contribution is 2.15. The lowest BCUT2D eigenvalue weighted by atomic mass is 10.1. The van der Waals surface area contributed by atoms with Crippen LogP contribution in [-0.2, 0) is 16.1 Å². The van der Waals surface area contributed by atoms with Gasteiger partial charge in [-0.1, -0.05) is 12.1 Å². The minimum absolute atomic E-state index is 0.0844. The third-order valence-corrected chi connectivity index (χ3v) is 3.27. The average Bonchev–Trinajstić information content (AvgIpc) is 2.40. The van der Waals surface area contributed by atoms with Crippen molar-refractivity contribution in [2.45, 2.75) is 26.8 Å². The first-order valence-corrected chi connectivity index (χ1v) is 6.73. The van der Waals surface area contributed by atoms with Crippen LogP contribution in [0.4, 0.5) is 0 Å². The molecule has 0 amide bonds. The van der Waals surface area contributed by atoms with Gasteiger partial charge in [0.2, 0.25) is 5.28 Å². The second kappa shape index (κ2) is 6.05. The van der Waals surface area contributed by atoms with Crippen molar-refractivity contribution < 1.29 is 9.53 Å². The molecule has 0 aliphatic heterocycles. The largest absolute Gasteiger partial charge is 0.466 e. The molecule has 2 aromatic rings. The van der Waals surface area contributed by atoms with Crippen LogP contribution in [0.25, 0.3) is 10.9 Å². The maximum atomic E-state index is 12.4. The van der Waals surface area contributed by atoms with E-state index in [9.17, 15) is 9.59 Å². The van der Waals surface area contributed by atoms with Crippen LogP contribution in [0.15, 0.2) is 23.0 Å². The Hall–Kier alpha value is -1.88. The summed E-state index contributed by atoms with van der Waals surface area (Å²) in [5.41, 5.74) is 1.24. The molecule has 0 aliphatic carbocycles. The summed E-state index contributed by atoms with van der Waals surface area (Å²) in [5.74, 6) is -0.361. The Bertz CT molecular complexity index is 709. The van der Waals surface area contributed by atoms with Gasteiger partial charge in [-0.25, -0.2) is 4.98 Å². The Labute approximate surface area is 121 Å². The molecule has 0 N–H and O–H groups in total. The average molecular weight is 295 g/mol. The van der Waals surface area contributed by atoms with Crippen LogP contribution >= 0.6 is 11.6 Å². The van der Waals surface area contributed by atoms with Crippen LogP contribution < -0.4 is 5.56 Å². The van der Waals surface area contributed by atoms with Gasteiger partial charge < -0.3 is 4.74 Å². The molecule has 1 aromatic heterocycles. The van der Waals surface area contributed by atoms with Crippen LogP contribution in [0.2, 0.25) is 5.28 Å². The number of benzene rings is 1. The molecule has 0 unspecified atom stereocenters. The predicted molar refractivity (Wildman–Crippen MR) is 77.0 cm³/mol. The molecular weight excluding hydrogens is 280 g/mol. The molecule has 20 heavy (non-hydrogen) atoms. The summed E-state index contributed by atoms with van der Waals surface area (Å²) in [6.07, 6.45) is 0.0898. The number of esters is 1. The van der Waals surface area contributed by atoms with Gasteiger partial charge in [-0.2, -0.15) is 0 Å². The molecule has 106 valence electrons. The summed E-state index contributed by atoms with van der Waals surface area (Å²) in [6.45, 7) is 4.08. The van der Waals surface area contributed by atoms with Gasteiger partial charge in [-0.15, -0.1) is 0 Å². The van der Waals surface area contributed by atoms with E-state index in [-0.39, 0.29) is 29.8 Å². The fourth-order valence-corrected chi connectivity index (χ4v) is 2.24. The fourth-order valence-electron chi connectivity index (χ4n) is 1.99. The molecule has 0 bridgehead atoms. The van der Waals surface area contributed by atoms with Crippen molar-refractivity contribution in [1.29, 1.82) is 0 Å². The molecule has 0 atom stereocenters. The molecule has 1 heterocycles. The minimum atomic E-state index is -0.361. The quantitative estimate of drug-likeness (QED) is 0.641. The highest BCUT2D eigenvalue weighted by atomic mass is 35.5. The molecule has 0 fully saturated rings. The lowest BCUT2D eigenvalue weighted by Crippen LogP contribution is -2.24. The Kier molecular flexibility index (Phi) is 4.39. The van der Waals surface area contributed by atoms with Crippen molar-refractivity contribution in [3.8, 4) is 0 Å². The molecule has 2 rings (SSSR count). The first-order chi connectivity index (χ1) is 9.54. The number of fused-ring (bicyclic) bond motifs is 1. The number of carbonyl (C=O) groups is 1. The number of hydrogen-bond donors (Lipinski definition) is 0. The number of aryl methyl sites for hydroxylation is 1. The highest BCUT2D eigenvalue weighted by Gasteiger charge is 2.12. The van der Waals surface area contributed by atoms with Gasteiger partial charge in [-0.05, 0) is 37.1 Å². The number of aromatic nitrogens is 2. The molecule has 0 radical (unpaired) electrons. The van der Waals surface area contributed by atoms with Crippen molar-refractivity contribution >= 4 is 28.5 Å². The van der Waals surface area contributed by atoms with E-state index in [2.05, 4.69) is 4.98 Å². The lowest BCUT2D eigenvalue weighted by molar-refractivity contribution is -0.143. The Morgan fingerprint density at radius 3 is 2.90 bits per heavy atom. The van der Waals surface area contributed by atoms with Crippen molar-refractivity contribution in [3.05, 3.63) is 39.4 Å². The van der Waals surface area contributed by atoms with Crippen molar-refractivity contribution in [2.75, 3.05) is 6.61 Å². The molecule has 0 saturated heterocycles. The van der Waals surface area contributed by atoms with Gasteiger partial charge in [-0.3, -0.25) is 14.2 Å². The van der Waals surface area contributed by atoms with E-state index < -0.39 is 0 Å². The molecule has 0 saturated carbocycles. The molecule has 5 nitrogen and oxygen atoms in total. The number of halogens is 1. The first-order valence-electron chi connectivity index (χ1n) is 6.36. The maximum Gasteiger partial charge on any atom is 0.307 e. The molecule has 0 spiro atoms. The standard InChI is InChI=1S/C14H15ClN2O3/c1-3-20-11(18)7-8-17-13(19)10-6-4-5-9(2)12(10)16-14(17)15/h4-6H,3,7-8H2,1-2H3. The summed E-state index contributed by atoms with van der Waals surface area (Å²) < 4.78 is 6.12. The number of para-hydroxylation sites is 1. The minimum Gasteiger partial charge on any atom is -0.466 e. The number of rotatable bonds is 4. The highest BCUT2D eigenvalue weighted by molar-refractivity contribution is 6.28. The van der Waals surface area contributed by atoms with E-state index in [0.29, 0.717) is 17.5 Å². The fraction of sp³-hybridized carbons (Fsp3) is 0.357. The van der Waals surface area contributed by atoms with Gasteiger partial charge in [0.15, 0.2) is 0 Å². The maximum absolute atomic E-state index is 12.4. The summed E-state index contributed by atoms with van der Waals surface area (Å²) in [6, 6.07) is 5.37. The van der Waals surface area contributed by atoms with E-state index >= 15 is 0 Å². The number of hydrogen-bond acceptors (Lipinski definition) is 4. The summed E-state index contributed by atoms with van der Waals surface area (Å²) in [5, 5.41) is 0.583. The number of carbonyl (C=O) groups excluding carboxylic acids is 1. The van der Waals surface area contributed by atoms with Crippen molar-refractivity contribution in [3.63, 3.8) is 0 Å². The zero-order valence-corrected chi connectivity index (χ0v) is 12.1. The second-order valence-corrected chi connectivity index (χ2v) is 4.70. The summed E-state index contributed by atoms with van der Waals surface area (Å²) in [7, 11) is 0. The van der Waals surface area contributed by atoms with Gasteiger partial charge in [0, 0.05) is 6.54 Å². The van der Waals surface area contributed by atoms with Crippen LogP contribution in [0, 0.1) is 6.92 Å². The third-order valence-electron chi connectivity index (χ3n) is 2.98. The van der Waals surface area contributed by atoms with E-state index in [0.717, 1.165) is 5.56 Å². The molecule has 0 aliphatic rings. The summed E-state index contributed by atoms with van der Waals surface area (Å²) >= 11 is 6.04. The Balaban J connectivity index is 2.40. The molecule has 6 heteroatoms. The normalized spacial score (nSPS) is 10.8. The smallest absolute Gasteiger partial charge is 0.307 e. The van der Waals surface area contributed by atoms with Crippen LogP contribution in [0.1, 0.15) is 18.9 Å². The van der Waals surface area contributed by atoms with Gasteiger partial charge in [0.1, 0.15) is 0 Å². The van der Waals surface area contributed by atoms with E-state index in [1.807, 2.05) is 13.0 Å². The zero-order valence-electron chi connectivity index (χ0n) is 11.4. The van der Waals surface area contributed by atoms with Crippen molar-refractivity contribution in [1.82, 2.24) is 9.55 Å². The van der Waals surface area contributed by atoms with Crippen LogP contribution in [0.5, 0.6) is 0 Å². The molecule has 1 aromatic carbocycles. The van der Waals surface area contributed by atoms with Gasteiger partial charge in [0.05, 0.1) is 23.9 Å². The summed E-state index contributed by atoms with van der Waals surface area (Å²) in [4.78, 5) is 28.0. The molecular formula is C14H15ClN2O3. The monoisotopic (exact) mass is 294 g/mol. The Morgan fingerprint density at radius 2 is 2.20 bits per heavy atom. The van der Waals surface area contributed by atoms with Gasteiger partial charge >= 0.3 is 5.97 Å². The number of nitrogens with zero attached hydrogens (tertiary/aromatic N) is 2. The number of ether oxygens (including phenoxy) is 1. The predicted octanol–water partition coefficient (Wildman–Crippen LogP) is 2.31. The zero-order chi connectivity index (χ0) is 14.7. The van der Waals surface area contributed by atoms with Gasteiger partial charge in [0.25, 0.3) is 5.56 Å². The third kappa shape index (κ3) is 2.82. The lowest BCUT2D eigenvalue weighted by Gasteiger charge is -2.10. The van der Waals surface area contributed by atoms with E-state index in [4.69, 9.17) is 16.3 Å². The van der Waals surface area contributed by atoms with Crippen LogP contribution in [0.3, 0.4) is 0 Å². The topological polar surface area (TPSA) is 61.2 Å². The second-order valence-electron chi connectivity index (χ2n) is 4.36. The van der Waals surface area contributed by atoms with E-state index in [1.54, 1.807) is 19.1 Å². The van der Waals surface area contributed by atoms with Crippen LogP contribution in [-0.4, -0.2) is 22.1 Å². The first kappa shape index (κ1) is 14.5. The SMILES string of the molecule is CCOC(=O)CCn1c(Cl)nc2c(C)cccc2c1=O. The van der Waals surface area contributed by atoms with E-state index in [1.165, 1.54) is 4.57 Å².